The zero-order chi connectivity index (χ0) is 21.3. The molecule has 5 nitrogen and oxygen atoms in total. The Bertz CT molecular complexity index is 1030. The first-order chi connectivity index (χ1) is 14.5. The predicted molar refractivity (Wildman–Crippen MR) is 120 cm³/mol. The van der Waals surface area contributed by atoms with Crippen molar-refractivity contribution in [3.05, 3.63) is 53.0 Å². The second kappa shape index (κ2) is 8.60. The summed E-state index contributed by atoms with van der Waals surface area (Å²) in [5, 5.41) is 0. The van der Waals surface area contributed by atoms with E-state index in [0.717, 1.165) is 59.2 Å². The van der Waals surface area contributed by atoms with Crippen LogP contribution in [0.15, 0.2) is 30.3 Å². The second-order valence-electron chi connectivity index (χ2n) is 8.02. The molecule has 0 bridgehead atoms. The molecule has 1 aliphatic rings. The summed E-state index contributed by atoms with van der Waals surface area (Å²) >= 11 is 0. The molecule has 0 aliphatic carbocycles. The largest absolute Gasteiger partial charge is 0.494 e. The number of imidazole rings is 1. The monoisotopic (exact) mass is 405 g/mol. The van der Waals surface area contributed by atoms with E-state index < -0.39 is 0 Å². The van der Waals surface area contributed by atoms with Crippen LogP contribution in [0.5, 0.6) is 5.75 Å². The summed E-state index contributed by atoms with van der Waals surface area (Å²) < 4.78 is 14.3. The van der Waals surface area contributed by atoms with Crippen LogP contribution in [-0.2, 0) is 24.1 Å². The van der Waals surface area contributed by atoms with Crippen LogP contribution in [0.25, 0.3) is 22.6 Å². The van der Waals surface area contributed by atoms with E-state index in [1.54, 1.807) is 0 Å². The third-order valence-corrected chi connectivity index (χ3v) is 5.61. The number of fused-ring (bicyclic) bond motifs is 1. The van der Waals surface area contributed by atoms with Gasteiger partial charge in [-0.15, -0.1) is 0 Å². The van der Waals surface area contributed by atoms with Crippen molar-refractivity contribution >= 4 is 0 Å². The van der Waals surface area contributed by atoms with Gasteiger partial charge in [-0.05, 0) is 57.9 Å². The van der Waals surface area contributed by atoms with E-state index in [-0.39, 0.29) is 6.10 Å². The lowest BCUT2D eigenvalue weighted by atomic mass is 10.1. The van der Waals surface area contributed by atoms with Crippen LogP contribution in [-0.4, -0.2) is 33.9 Å². The van der Waals surface area contributed by atoms with Gasteiger partial charge >= 0.3 is 0 Å². The molecule has 1 atom stereocenters. The molecular formula is C25H31N3O2. The van der Waals surface area contributed by atoms with Gasteiger partial charge in [-0.3, -0.25) is 4.98 Å². The molecule has 5 heteroatoms. The minimum absolute atomic E-state index is 0.147. The fourth-order valence-corrected chi connectivity index (χ4v) is 4.30. The van der Waals surface area contributed by atoms with Gasteiger partial charge in [-0.25, -0.2) is 4.98 Å². The Morgan fingerprint density at radius 2 is 1.83 bits per heavy atom. The number of pyridine rings is 1. The first-order valence-corrected chi connectivity index (χ1v) is 10.9. The number of ether oxygens (including phenoxy) is 2. The van der Waals surface area contributed by atoms with Crippen LogP contribution in [0.3, 0.4) is 0 Å². The summed E-state index contributed by atoms with van der Waals surface area (Å²) in [5.41, 5.74) is 7.72. The Labute approximate surface area is 179 Å². The molecule has 4 rings (SSSR count). The fraction of sp³-hybridized carbons (Fsp3) is 0.440. The molecule has 1 aromatic carbocycles. The number of hydrogen-bond acceptors (Lipinski definition) is 4. The predicted octanol–water partition coefficient (Wildman–Crippen LogP) is 5.15. The smallest absolute Gasteiger partial charge is 0.141 e. The highest BCUT2D eigenvalue weighted by Crippen LogP contribution is 2.34. The van der Waals surface area contributed by atoms with Gasteiger partial charge < -0.3 is 14.0 Å². The standard InChI is InChI=1S/C25H31N3O2/c1-6-19-8-9-20(14-23(19)29-7-2)25-27-24(21-12-16(3)26-17(4)13-21)22-10-11-30-18(5)15-28(22)25/h8-9,12-14,18H,6-7,10-11,15H2,1-5H3/t18-/m1/s1. The average molecular weight is 406 g/mol. The average Bonchev–Trinajstić information content (AvgIpc) is 2.94. The Hall–Kier alpha value is -2.66. The summed E-state index contributed by atoms with van der Waals surface area (Å²) in [7, 11) is 0. The number of rotatable bonds is 5. The van der Waals surface area contributed by atoms with Gasteiger partial charge in [0.15, 0.2) is 0 Å². The lowest BCUT2D eigenvalue weighted by Gasteiger charge is -2.14. The summed E-state index contributed by atoms with van der Waals surface area (Å²) in [5.74, 6) is 1.93. The van der Waals surface area contributed by atoms with Crippen molar-refractivity contribution in [2.75, 3.05) is 13.2 Å². The third kappa shape index (κ3) is 3.99. The molecule has 30 heavy (non-hydrogen) atoms. The van der Waals surface area contributed by atoms with E-state index in [2.05, 4.69) is 53.7 Å². The minimum Gasteiger partial charge on any atom is -0.494 e. The van der Waals surface area contributed by atoms with E-state index in [4.69, 9.17) is 14.5 Å². The van der Waals surface area contributed by atoms with Crippen molar-refractivity contribution in [3.8, 4) is 28.4 Å². The molecule has 2 aromatic heterocycles. The summed E-state index contributed by atoms with van der Waals surface area (Å²) in [4.78, 5) is 9.71. The number of nitrogens with zero attached hydrogens (tertiary/aromatic N) is 3. The highest BCUT2D eigenvalue weighted by molar-refractivity contribution is 5.70. The summed E-state index contributed by atoms with van der Waals surface area (Å²) in [6.07, 6.45) is 1.94. The van der Waals surface area contributed by atoms with Gasteiger partial charge in [-0.1, -0.05) is 19.1 Å². The van der Waals surface area contributed by atoms with E-state index in [1.165, 1.54) is 11.3 Å². The zero-order valence-corrected chi connectivity index (χ0v) is 18.7. The molecule has 3 heterocycles. The van der Waals surface area contributed by atoms with Gasteiger partial charge in [0.2, 0.25) is 0 Å². The van der Waals surface area contributed by atoms with Crippen LogP contribution in [0.2, 0.25) is 0 Å². The van der Waals surface area contributed by atoms with Crippen LogP contribution in [0, 0.1) is 13.8 Å². The van der Waals surface area contributed by atoms with Crippen molar-refractivity contribution < 1.29 is 9.47 Å². The van der Waals surface area contributed by atoms with Gasteiger partial charge in [0.1, 0.15) is 11.6 Å². The van der Waals surface area contributed by atoms with Gasteiger partial charge in [0.25, 0.3) is 0 Å². The molecular weight excluding hydrogens is 374 g/mol. The van der Waals surface area contributed by atoms with Crippen molar-refractivity contribution in [1.29, 1.82) is 0 Å². The third-order valence-electron chi connectivity index (χ3n) is 5.61. The fourth-order valence-electron chi connectivity index (χ4n) is 4.30. The Morgan fingerprint density at radius 1 is 1.07 bits per heavy atom. The molecule has 3 aromatic rings. The Kier molecular flexibility index (Phi) is 5.91. The van der Waals surface area contributed by atoms with Crippen LogP contribution < -0.4 is 4.74 Å². The zero-order valence-electron chi connectivity index (χ0n) is 18.7. The molecule has 0 saturated carbocycles. The maximum atomic E-state index is 5.99. The van der Waals surface area contributed by atoms with Crippen LogP contribution >= 0.6 is 0 Å². The normalized spacial score (nSPS) is 16.2. The molecule has 1 aliphatic heterocycles. The van der Waals surface area contributed by atoms with Crippen LogP contribution in [0.4, 0.5) is 0 Å². The van der Waals surface area contributed by atoms with Crippen molar-refractivity contribution in [2.24, 2.45) is 0 Å². The Morgan fingerprint density at radius 3 is 2.53 bits per heavy atom. The van der Waals surface area contributed by atoms with E-state index in [0.29, 0.717) is 13.2 Å². The second-order valence-corrected chi connectivity index (χ2v) is 8.02. The quantitative estimate of drug-likeness (QED) is 0.589. The molecule has 0 saturated heterocycles. The van der Waals surface area contributed by atoms with E-state index >= 15 is 0 Å². The maximum absolute atomic E-state index is 5.99. The molecule has 0 N–H and O–H groups in total. The van der Waals surface area contributed by atoms with Gasteiger partial charge in [0, 0.05) is 34.6 Å². The minimum atomic E-state index is 0.147. The summed E-state index contributed by atoms with van der Waals surface area (Å²) in [6.45, 7) is 12.5. The maximum Gasteiger partial charge on any atom is 0.141 e. The Balaban J connectivity index is 1.90. The van der Waals surface area contributed by atoms with Crippen molar-refractivity contribution in [2.45, 2.75) is 60.1 Å². The molecule has 0 spiro atoms. The molecule has 0 fully saturated rings. The molecule has 0 radical (unpaired) electrons. The van der Waals surface area contributed by atoms with Crippen molar-refractivity contribution in [1.82, 2.24) is 14.5 Å². The first kappa shape index (κ1) is 20.6. The topological polar surface area (TPSA) is 49.2 Å². The molecule has 158 valence electrons. The molecule has 0 unspecified atom stereocenters. The van der Waals surface area contributed by atoms with Gasteiger partial charge in [0.05, 0.1) is 31.6 Å². The number of hydrogen-bond donors (Lipinski definition) is 0. The number of benzene rings is 1. The first-order valence-electron chi connectivity index (χ1n) is 10.9. The highest BCUT2D eigenvalue weighted by atomic mass is 16.5. The molecule has 0 amide bonds. The highest BCUT2D eigenvalue weighted by Gasteiger charge is 2.24. The van der Waals surface area contributed by atoms with E-state index in [1.807, 2.05) is 20.8 Å². The lowest BCUT2D eigenvalue weighted by Crippen LogP contribution is -2.15. The number of aromatic nitrogens is 3. The van der Waals surface area contributed by atoms with Crippen molar-refractivity contribution in [3.63, 3.8) is 0 Å². The lowest BCUT2D eigenvalue weighted by molar-refractivity contribution is 0.0666. The summed E-state index contributed by atoms with van der Waals surface area (Å²) in [6, 6.07) is 10.7. The van der Waals surface area contributed by atoms with E-state index in [9.17, 15) is 0 Å². The van der Waals surface area contributed by atoms with Gasteiger partial charge in [-0.2, -0.15) is 0 Å². The SMILES string of the molecule is CCOc1cc(-c2nc(-c3cc(C)nc(C)c3)c3n2C[C@@H](C)OCC3)ccc1CC. The number of aryl methyl sites for hydroxylation is 3. The van der Waals surface area contributed by atoms with Crippen LogP contribution in [0.1, 0.15) is 43.4 Å².